The average Bonchev–Trinajstić information content (AvgIpc) is 3.12. The molecule has 1 aliphatic heterocycles. The predicted molar refractivity (Wildman–Crippen MR) is 117 cm³/mol. The maximum absolute atomic E-state index is 12.7. The summed E-state index contributed by atoms with van der Waals surface area (Å²) in [5.41, 5.74) is -0.556. The molecule has 162 valence electrons. The van der Waals surface area contributed by atoms with Crippen molar-refractivity contribution in [3.63, 3.8) is 0 Å². The highest BCUT2D eigenvalue weighted by molar-refractivity contribution is 14.0. The van der Waals surface area contributed by atoms with E-state index < -0.39 is 11.7 Å². The highest BCUT2D eigenvalue weighted by atomic mass is 127. The van der Waals surface area contributed by atoms with Crippen molar-refractivity contribution in [3.05, 3.63) is 35.4 Å². The minimum Gasteiger partial charge on any atom is -0.396 e. The van der Waals surface area contributed by atoms with E-state index in [1.807, 2.05) is 6.92 Å². The summed E-state index contributed by atoms with van der Waals surface area (Å²) in [7, 11) is 0. The van der Waals surface area contributed by atoms with Gasteiger partial charge in [0.2, 0.25) is 0 Å². The summed E-state index contributed by atoms with van der Waals surface area (Å²) in [4.78, 5) is 4.56. The summed E-state index contributed by atoms with van der Waals surface area (Å²) < 4.78 is 43.7. The van der Waals surface area contributed by atoms with Crippen molar-refractivity contribution >= 4 is 29.9 Å². The van der Waals surface area contributed by atoms with E-state index in [0.717, 1.165) is 18.6 Å². The molecule has 1 fully saturated rings. The third-order valence-electron chi connectivity index (χ3n) is 4.51. The molecule has 0 spiro atoms. The van der Waals surface area contributed by atoms with Gasteiger partial charge >= 0.3 is 6.18 Å². The standard InChI is InChI=1S/C20H26F3N3O2.HI/c1-2-24-18(26-14-19(8-11-27)9-12-28-15-19)25-10-4-6-16-5-3-7-17(13-16)20(21,22)23;/h3,5,7,13,27H,2,8-12,14-15H2,1H3,(H2,24,25,26);1H. The molecule has 29 heavy (non-hydrogen) atoms. The van der Waals surface area contributed by atoms with Gasteiger partial charge < -0.3 is 20.5 Å². The third kappa shape index (κ3) is 8.40. The van der Waals surface area contributed by atoms with Gasteiger partial charge in [-0.05, 0) is 38.0 Å². The van der Waals surface area contributed by atoms with Crippen LogP contribution in [0, 0.1) is 17.3 Å². The minimum atomic E-state index is -4.38. The Kier molecular flexibility index (Phi) is 10.8. The number of halogens is 4. The molecule has 0 aliphatic carbocycles. The van der Waals surface area contributed by atoms with Gasteiger partial charge in [-0.3, -0.25) is 4.99 Å². The first-order valence-electron chi connectivity index (χ1n) is 9.25. The zero-order valence-corrected chi connectivity index (χ0v) is 18.6. The third-order valence-corrected chi connectivity index (χ3v) is 4.51. The van der Waals surface area contributed by atoms with Crippen LogP contribution in [0.15, 0.2) is 29.3 Å². The molecule has 1 saturated heterocycles. The van der Waals surface area contributed by atoms with Crippen LogP contribution < -0.4 is 10.6 Å². The fraction of sp³-hybridized carbons (Fsp3) is 0.550. The molecule has 0 aromatic heterocycles. The number of nitrogens with zero attached hydrogens (tertiary/aromatic N) is 1. The van der Waals surface area contributed by atoms with Gasteiger partial charge in [0.05, 0.1) is 25.3 Å². The van der Waals surface area contributed by atoms with Crippen LogP contribution in [0.5, 0.6) is 0 Å². The Balaban J connectivity index is 0.00000420. The van der Waals surface area contributed by atoms with Crippen LogP contribution in [-0.2, 0) is 10.9 Å². The number of aliphatic hydroxyl groups is 1. The fourth-order valence-electron chi connectivity index (χ4n) is 2.92. The summed E-state index contributed by atoms with van der Waals surface area (Å²) in [5.74, 6) is 6.12. The van der Waals surface area contributed by atoms with Gasteiger partial charge in [0.1, 0.15) is 0 Å². The van der Waals surface area contributed by atoms with Crippen molar-refractivity contribution in [2.75, 3.05) is 39.5 Å². The van der Waals surface area contributed by atoms with Crippen molar-refractivity contribution in [3.8, 4) is 11.8 Å². The highest BCUT2D eigenvalue weighted by Crippen LogP contribution is 2.32. The molecule has 0 amide bonds. The van der Waals surface area contributed by atoms with Crippen molar-refractivity contribution in [2.24, 2.45) is 10.4 Å². The second kappa shape index (κ2) is 12.2. The minimum absolute atomic E-state index is 0. The van der Waals surface area contributed by atoms with Gasteiger partial charge in [-0.15, -0.1) is 24.0 Å². The molecule has 1 aromatic carbocycles. The van der Waals surface area contributed by atoms with E-state index in [4.69, 9.17) is 4.74 Å². The molecule has 5 nitrogen and oxygen atoms in total. The molecular formula is C20H27F3IN3O2. The quantitative estimate of drug-likeness (QED) is 0.231. The number of alkyl halides is 3. The Bertz CT molecular complexity index is 724. The first-order valence-corrected chi connectivity index (χ1v) is 9.25. The summed E-state index contributed by atoms with van der Waals surface area (Å²) in [6, 6.07) is 4.94. The zero-order chi connectivity index (χ0) is 20.5. The van der Waals surface area contributed by atoms with Crippen molar-refractivity contribution < 1.29 is 23.0 Å². The van der Waals surface area contributed by atoms with Crippen LogP contribution in [0.2, 0.25) is 0 Å². The number of hydrogen-bond donors (Lipinski definition) is 3. The van der Waals surface area contributed by atoms with Crippen LogP contribution in [-0.4, -0.2) is 50.5 Å². The molecule has 1 unspecified atom stereocenters. The van der Waals surface area contributed by atoms with Crippen LogP contribution in [0.1, 0.15) is 30.9 Å². The average molecular weight is 525 g/mol. The summed E-state index contributed by atoms with van der Waals surface area (Å²) in [6.07, 6.45) is -2.90. The second-order valence-corrected chi connectivity index (χ2v) is 6.71. The Labute approximate surface area is 186 Å². The molecule has 0 bridgehead atoms. The largest absolute Gasteiger partial charge is 0.416 e. The summed E-state index contributed by atoms with van der Waals surface area (Å²) >= 11 is 0. The lowest BCUT2D eigenvalue weighted by atomic mass is 9.84. The molecule has 9 heteroatoms. The fourth-order valence-corrected chi connectivity index (χ4v) is 2.92. The van der Waals surface area contributed by atoms with Crippen LogP contribution in [0.4, 0.5) is 13.2 Å². The summed E-state index contributed by atoms with van der Waals surface area (Å²) in [5, 5.41) is 15.5. The predicted octanol–water partition coefficient (Wildman–Crippen LogP) is 3.02. The van der Waals surface area contributed by atoms with E-state index in [9.17, 15) is 18.3 Å². The first-order chi connectivity index (χ1) is 13.4. The normalized spacial score (nSPS) is 19.1. The number of aliphatic imine (C=N–C) groups is 1. The maximum atomic E-state index is 12.7. The number of nitrogens with one attached hydrogen (secondary N) is 2. The molecular weight excluding hydrogens is 498 g/mol. The topological polar surface area (TPSA) is 65.9 Å². The molecule has 1 atom stereocenters. The number of ether oxygens (including phenoxy) is 1. The van der Waals surface area contributed by atoms with E-state index >= 15 is 0 Å². The lowest BCUT2D eigenvalue weighted by molar-refractivity contribution is -0.137. The van der Waals surface area contributed by atoms with E-state index in [1.54, 1.807) is 6.07 Å². The lowest BCUT2D eigenvalue weighted by Gasteiger charge is -2.24. The van der Waals surface area contributed by atoms with Gasteiger partial charge in [0.25, 0.3) is 0 Å². The Morgan fingerprint density at radius 2 is 2.14 bits per heavy atom. The molecule has 1 heterocycles. The number of aliphatic hydroxyl groups excluding tert-OH is 1. The van der Waals surface area contributed by atoms with Gasteiger partial charge in [-0.1, -0.05) is 17.9 Å². The van der Waals surface area contributed by atoms with Gasteiger partial charge in [-0.25, -0.2) is 0 Å². The first kappa shape index (κ1) is 25.5. The number of guanidine groups is 1. The van der Waals surface area contributed by atoms with Gasteiger partial charge in [-0.2, -0.15) is 13.2 Å². The SMILES string of the molecule is CCNC(=NCC1(CCO)CCOC1)NCC#Cc1cccc(C(F)(F)F)c1.I. The van der Waals surface area contributed by atoms with E-state index in [1.165, 1.54) is 6.07 Å². The Hall–Kier alpha value is -1.51. The van der Waals surface area contributed by atoms with Crippen LogP contribution >= 0.6 is 24.0 Å². The highest BCUT2D eigenvalue weighted by Gasteiger charge is 2.34. The molecule has 3 N–H and O–H groups in total. The lowest BCUT2D eigenvalue weighted by Crippen LogP contribution is -2.39. The van der Waals surface area contributed by atoms with Crippen molar-refractivity contribution in [1.29, 1.82) is 0 Å². The number of rotatable bonds is 6. The van der Waals surface area contributed by atoms with Crippen molar-refractivity contribution in [2.45, 2.75) is 25.9 Å². The van der Waals surface area contributed by atoms with Crippen LogP contribution in [0.25, 0.3) is 0 Å². The number of benzene rings is 1. The molecule has 1 aliphatic rings. The van der Waals surface area contributed by atoms with E-state index in [0.29, 0.717) is 44.2 Å². The molecule has 0 radical (unpaired) electrons. The Morgan fingerprint density at radius 3 is 2.76 bits per heavy atom. The van der Waals surface area contributed by atoms with E-state index in [-0.39, 0.29) is 42.5 Å². The molecule has 0 saturated carbocycles. The van der Waals surface area contributed by atoms with Crippen LogP contribution in [0.3, 0.4) is 0 Å². The van der Waals surface area contributed by atoms with E-state index in [2.05, 4.69) is 27.5 Å². The zero-order valence-electron chi connectivity index (χ0n) is 16.3. The van der Waals surface area contributed by atoms with Gasteiger partial charge in [0, 0.05) is 30.7 Å². The monoisotopic (exact) mass is 525 g/mol. The molecule has 1 aromatic rings. The maximum Gasteiger partial charge on any atom is 0.416 e. The number of hydrogen-bond acceptors (Lipinski definition) is 3. The molecule has 2 rings (SSSR count). The summed E-state index contributed by atoms with van der Waals surface area (Å²) in [6.45, 7) is 4.69. The smallest absolute Gasteiger partial charge is 0.396 e. The van der Waals surface area contributed by atoms with Gasteiger partial charge in [0.15, 0.2) is 5.96 Å². The van der Waals surface area contributed by atoms with Crippen molar-refractivity contribution in [1.82, 2.24) is 10.6 Å². The Morgan fingerprint density at radius 1 is 1.34 bits per heavy atom. The second-order valence-electron chi connectivity index (χ2n) is 6.71.